The summed E-state index contributed by atoms with van der Waals surface area (Å²) >= 11 is 0. The lowest BCUT2D eigenvalue weighted by atomic mass is 10.0. The van der Waals surface area contributed by atoms with Gasteiger partial charge < -0.3 is 10.2 Å². The van der Waals surface area contributed by atoms with Crippen LogP contribution in [-0.4, -0.2) is 22.4 Å². The summed E-state index contributed by atoms with van der Waals surface area (Å²) in [6.07, 6.45) is 7.38. The highest BCUT2D eigenvalue weighted by Crippen LogP contribution is 2.24. The zero-order chi connectivity index (χ0) is 9.68. The van der Waals surface area contributed by atoms with Crippen molar-refractivity contribution in [3.05, 3.63) is 11.6 Å². The van der Waals surface area contributed by atoms with Gasteiger partial charge in [-0.15, -0.1) is 0 Å². The number of hydrogen-bond donors (Lipinski definition) is 2. The number of aliphatic hydroxyl groups excluding tert-OH is 2. The molecule has 0 saturated heterocycles. The van der Waals surface area contributed by atoms with Crippen molar-refractivity contribution in [1.82, 2.24) is 0 Å². The zero-order valence-electron chi connectivity index (χ0n) is 8.37. The van der Waals surface area contributed by atoms with Crippen LogP contribution in [0.1, 0.15) is 45.4 Å². The van der Waals surface area contributed by atoms with E-state index < -0.39 is 6.10 Å². The van der Waals surface area contributed by atoms with E-state index >= 15 is 0 Å². The third-order valence-corrected chi connectivity index (χ3v) is 2.62. The van der Waals surface area contributed by atoms with Gasteiger partial charge in [0.15, 0.2) is 0 Å². The van der Waals surface area contributed by atoms with E-state index in [1.165, 1.54) is 19.3 Å². The number of hydrogen-bond acceptors (Lipinski definition) is 2. The standard InChI is InChI=1S/C11H20O2/c1-2-3-4-5-6-9-7-10(12)8-11(9)13/h7,10-13H,2-6,8H2,1H3/t10-,11-/m0/s1. The molecule has 0 aromatic heterocycles. The van der Waals surface area contributed by atoms with Gasteiger partial charge in [0.05, 0.1) is 12.2 Å². The van der Waals surface area contributed by atoms with Crippen LogP contribution < -0.4 is 0 Å². The van der Waals surface area contributed by atoms with E-state index in [0.29, 0.717) is 6.42 Å². The topological polar surface area (TPSA) is 40.5 Å². The second-order valence-electron chi connectivity index (χ2n) is 3.87. The summed E-state index contributed by atoms with van der Waals surface area (Å²) in [5.74, 6) is 0. The van der Waals surface area contributed by atoms with Crippen molar-refractivity contribution < 1.29 is 10.2 Å². The van der Waals surface area contributed by atoms with Crippen LogP contribution in [0.15, 0.2) is 11.6 Å². The van der Waals surface area contributed by atoms with Gasteiger partial charge in [0.1, 0.15) is 0 Å². The zero-order valence-corrected chi connectivity index (χ0v) is 8.37. The molecule has 0 heterocycles. The highest BCUT2D eigenvalue weighted by atomic mass is 16.3. The first-order valence-electron chi connectivity index (χ1n) is 5.30. The fourth-order valence-corrected chi connectivity index (χ4v) is 1.81. The molecule has 1 aliphatic carbocycles. The lowest BCUT2D eigenvalue weighted by molar-refractivity contribution is 0.145. The normalized spacial score (nSPS) is 27.8. The van der Waals surface area contributed by atoms with E-state index in [-0.39, 0.29) is 6.10 Å². The molecule has 0 saturated carbocycles. The summed E-state index contributed by atoms with van der Waals surface area (Å²) in [4.78, 5) is 0. The van der Waals surface area contributed by atoms with Crippen LogP contribution >= 0.6 is 0 Å². The lowest BCUT2D eigenvalue weighted by Gasteiger charge is -2.07. The molecule has 0 aromatic rings. The molecule has 2 nitrogen and oxygen atoms in total. The van der Waals surface area contributed by atoms with Crippen molar-refractivity contribution in [1.29, 1.82) is 0 Å². The fourth-order valence-electron chi connectivity index (χ4n) is 1.81. The van der Waals surface area contributed by atoms with Crippen LogP contribution in [-0.2, 0) is 0 Å². The van der Waals surface area contributed by atoms with E-state index in [1.54, 1.807) is 0 Å². The summed E-state index contributed by atoms with van der Waals surface area (Å²) < 4.78 is 0. The maximum absolute atomic E-state index is 9.49. The Bertz CT molecular complexity index is 175. The van der Waals surface area contributed by atoms with E-state index in [1.807, 2.05) is 6.08 Å². The van der Waals surface area contributed by atoms with Crippen molar-refractivity contribution in [3.63, 3.8) is 0 Å². The Kier molecular flexibility index (Phi) is 4.46. The SMILES string of the molecule is CCCCCCC1=C[C@H](O)C[C@@H]1O. The smallest absolute Gasteiger partial charge is 0.0778 e. The van der Waals surface area contributed by atoms with Gasteiger partial charge in [0.2, 0.25) is 0 Å². The van der Waals surface area contributed by atoms with Gasteiger partial charge in [-0.1, -0.05) is 32.3 Å². The van der Waals surface area contributed by atoms with Crippen LogP contribution in [0.4, 0.5) is 0 Å². The van der Waals surface area contributed by atoms with Crippen molar-refractivity contribution in [3.8, 4) is 0 Å². The third kappa shape index (κ3) is 3.49. The van der Waals surface area contributed by atoms with Crippen LogP contribution in [0.2, 0.25) is 0 Å². The van der Waals surface area contributed by atoms with E-state index in [9.17, 15) is 10.2 Å². The average Bonchev–Trinajstić information content (AvgIpc) is 2.39. The van der Waals surface area contributed by atoms with Gasteiger partial charge in [0, 0.05) is 6.42 Å². The summed E-state index contributed by atoms with van der Waals surface area (Å²) in [5.41, 5.74) is 1.05. The Morgan fingerprint density at radius 3 is 2.62 bits per heavy atom. The van der Waals surface area contributed by atoms with Gasteiger partial charge in [0.25, 0.3) is 0 Å². The van der Waals surface area contributed by atoms with Crippen molar-refractivity contribution in [2.45, 2.75) is 57.7 Å². The Morgan fingerprint density at radius 1 is 1.31 bits per heavy atom. The minimum absolute atomic E-state index is 0.378. The molecule has 2 atom stereocenters. The molecule has 13 heavy (non-hydrogen) atoms. The molecule has 1 aliphatic rings. The fraction of sp³-hybridized carbons (Fsp3) is 0.818. The first-order chi connectivity index (χ1) is 6.24. The molecule has 0 radical (unpaired) electrons. The van der Waals surface area contributed by atoms with Gasteiger partial charge >= 0.3 is 0 Å². The highest BCUT2D eigenvalue weighted by Gasteiger charge is 2.21. The maximum atomic E-state index is 9.49. The maximum Gasteiger partial charge on any atom is 0.0778 e. The molecule has 0 amide bonds. The van der Waals surface area contributed by atoms with Crippen molar-refractivity contribution >= 4 is 0 Å². The van der Waals surface area contributed by atoms with E-state index in [2.05, 4.69) is 6.92 Å². The van der Waals surface area contributed by atoms with E-state index in [0.717, 1.165) is 18.4 Å². The Balaban J connectivity index is 2.17. The highest BCUT2D eigenvalue weighted by molar-refractivity contribution is 5.17. The Morgan fingerprint density at radius 2 is 2.08 bits per heavy atom. The quantitative estimate of drug-likeness (QED) is 0.507. The van der Waals surface area contributed by atoms with Crippen LogP contribution in [0.3, 0.4) is 0 Å². The monoisotopic (exact) mass is 184 g/mol. The molecular weight excluding hydrogens is 164 g/mol. The largest absolute Gasteiger partial charge is 0.389 e. The molecule has 0 aromatic carbocycles. The Hall–Kier alpha value is -0.340. The molecule has 0 spiro atoms. The van der Waals surface area contributed by atoms with Crippen LogP contribution in [0, 0.1) is 0 Å². The molecule has 1 rings (SSSR count). The summed E-state index contributed by atoms with van der Waals surface area (Å²) in [7, 11) is 0. The minimum atomic E-state index is -0.406. The summed E-state index contributed by atoms with van der Waals surface area (Å²) in [6.45, 7) is 2.19. The number of rotatable bonds is 5. The molecule has 0 unspecified atom stereocenters. The molecular formula is C11H20O2. The lowest BCUT2D eigenvalue weighted by Crippen LogP contribution is -2.08. The van der Waals surface area contributed by atoms with E-state index in [4.69, 9.17) is 0 Å². The molecule has 76 valence electrons. The van der Waals surface area contributed by atoms with Gasteiger partial charge in [-0.05, 0) is 18.4 Å². The summed E-state index contributed by atoms with van der Waals surface area (Å²) in [5, 5.41) is 18.7. The third-order valence-electron chi connectivity index (χ3n) is 2.62. The van der Waals surface area contributed by atoms with Gasteiger partial charge in [-0.25, -0.2) is 0 Å². The molecule has 0 fully saturated rings. The van der Waals surface area contributed by atoms with Gasteiger partial charge in [-0.3, -0.25) is 0 Å². The molecule has 0 aliphatic heterocycles. The van der Waals surface area contributed by atoms with Crippen LogP contribution in [0.25, 0.3) is 0 Å². The second kappa shape index (κ2) is 5.40. The Labute approximate surface area is 80.3 Å². The number of unbranched alkanes of at least 4 members (excludes halogenated alkanes) is 3. The summed E-state index contributed by atoms with van der Waals surface area (Å²) in [6, 6.07) is 0. The molecule has 0 bridgehead atoms. The molecule has 2 N–H and O–H groups in total. The predicted molar refractivity (Wildman–Crippen MR) is 53.5 cm³/mol. The predicted octanol–water partition coefficient (Wildman–Crippen LogP) is 2.01. The number of aliphatic hydroxyl groups is 2. The van der Waals surface area contributed by atoms with Gasteiger partial charge in [-0.2, -0.15) is 0 Å². The van der Waals surface area contributed by atoms with Crippen molar-refractivity contribution in [2.75, 3.05) is 0 Å². The minimum Gasteiger partial charge on any atom is -0.389 e. The first-order valence-corrected chi connectivity index (χ1v) is 5.30. The first kappa shape index (κ1) is 10.7. The second-order valence-corrected chi connectivity index (χ2v) is 3.87. The van der Waals surface area contributed by atoms with Crippen LogP contribution in [0.5, 0.6) is 0 Å². The van der Waals surface area contributed by atoms with Crippen molar-refractivity contribution in [2.24, 2.45) is 0 Å². The molecule has 2 heteroatoms. The average molecular weight is 184 g/mol.